The van der Waals surface area contributed by atoms with Crippen molar-refractivity contribution in [3.63, 3.8) is 0 Å². The monoisotopic (exact) mass is 342 g/mol. The van der Waals surface area contributed by atoms with Gasteiger partial charge in [0, 0.05) is 35.8 Å². The molecule has 0 amide bonds. The Balaban J connectivity index is 1.68. The van der Waals surface area contributed by atoms with Crippen LogP contribution in [-0.4, -0.2) is 22.6 Å². The predicted molar refractivity (Wildman–Crippen MR) is 110 cm³/mol. The number of likely N-dealkylation sites (N-methyl/N-ethyl adjacent to an activating group) is 1. The van der Waals surface area contributed by atoms with Crippen LogP contribution < -0.4 is 0 Å². The molecule has 1 fully saturated rings. The van der Waals surface area contributed by atoms with Gasteiger partial charge < -0.3 is 4.57 Å². The third-order valence-corrected chi connectivity index (χ3v) is 6.40. The highest BCUT2D eigenvalue weighted by Gasteiger charge is 2.40. The third-order valence-electron chi connectivity index (χ3n) is 6.40. The second kappa shape index (κ2) is 5.85. The molecule has 0 aliphatic carbocycles. The second-order valence-electron chi connectivity index (χ2n) is 8.09. The summed E-state index contributed by atoms with van der Waals surface area (Å²) in [5.74, 6) is 0. The zero-order chi connectivity index (χ0) is 17.8. The number of hydrogen-bond donors (Lipinski definition) is 0. The Morgan fingerprint density at radius 2 is 1.73 bits per heavy atom. The molecule has 2 aliphatic rings. The van der Waals surface area contributed by atoms with Crippen LogP contribution in [0.15, 0.2) is 42.5 Å². The Morgan fingerprint density at radius 3 is 2.54 bits per heavy atom. The summed E-state index contributed by atoms with van der Waals surface area (Å²) in [7, 11) is 2.31. The van der Waals surface area contributed by atoms with Crippen LogP contribution in [0.3, 0.4) is 0 Å². The number of hydrogen-bond acceptors (Lipinski definition) is 1. The number of nitrogens with zero attached hydrogens (tertiary/aromatic N) is 2. The van der Waals surface area contributed by atoms with Crippen molar-refractivity contribution in [1.82, 2.24) is 9.47 Å². The fourth-order valence-corrected chi connectivity index (χ4v) is 4.92. The van der Waals surface area contributed by atoms with Crippen molar-refractivity contribution in [3.05, 3.63) is 70.4 Å². The van der Waals surface area contributed by atoms with Gasteiger partial charge in [0.1, 0.15) is 0 Å². The molecular formula is C24H26N2. The van der Waals surface area contributed by atoms with Gasteiger partial charge in [0.05, 0.1) is 5.52 Å². The van der Waals surface area contributed by atoms with Crippen LogP contribution in [0.5, 0.6) is 0 Å². The number of aromatic nitrogens is 1. The maximum Gasteiger partial charge on any atom is 0.0529 e. The molecule has 3 heterocycles. The molecule has 2 aromatic carbocycles. The van der Waals surface area contributed by atoms with E-state index in [0.717, 1.165) is 6.42 Å². The maximum atomic E-state index is 2.61. The summed E-state index contributed by atoms with van der Waals surface area (Å²) in [5.41, 5.74) is 8.37. The molecular weight excluding hydrogens is 316 g/mol. The summed E-state index contributed by atoms with van der Waals surface area (Å²) in [5, 5.41) is 1.45. The summed E-state index contributed by atoms with van der Waals surface area (Å²) in [6.45, 7) is 4.34. The number of benzene rings is 2. The third kappa shape index (κ3) is 2.36. The van der Waals surface area contributed by atoms with Gasteiger partial charge in [-0.2, -0.15) is 0 Å². The Bertz CT molecular complexity index is 1010. The van der Waals surface area contributed by atoms with Crippen molar-refractivity contribution in [2.24, 2.45) is 0 Å². The molecule has 2 unspecified atom stereocenters. The van der Waals surface area contributed by atoms with E-state index in [0.29, 0.717) is 12.1 Å². The van der Waals surface area contributed by atoms with E-state index in [9.17, 15) is 0 Å². The fraction of sp³-hybridized carbons (Fsp3) is 0.333. The van der Waals surface area contributed by atoms with Gasteiger partial charge in [0.2, 0.25) is 0 Å². The molecule has 5 rings (SSSR count). The minimum absolute atomic E-state index is 0.585. The van der Waals surface area contributed by atoms with Crippen LogP contribution in [0.4, 0.5) is 0 Å². The lowest BCUT2D eigenvalue weighted by Crippen LogP contribution is -2.34. The van der Waals surface area contributed by atoms with Crippen LogP contribution in [0.1, 0.15) is 46.8 Å². The van der Waals surface area contributed by atoms with Gasteiger partial charge >= 0.3 is 0 Å². The minimum atomic E-state index is 0.585. The topological polar surface area (TPSA) is 8.17 Å². The summed E-state index contributed by atoms with van der Waals surface area (Å²) in [6.07, 6.45) is 8.31. The van der Waals surface area contributed by atoms with Crippen molar-refractivity contribution in [1.29, 1.82) is 0 Å². The molecule has 2 aliphatic heterocycles. The molecule has 0 radical (unpaired) electrons. The van der Waals surface area contributed by atoms with E-state index in [1.54, 1.807) is 5.56 Å². The van der Waals surface area contributed by atoms with Crippen molar-refractivity contribution in [2.45, 2.75) is 45.2 Å². The van der Waals surface area contributed by atoms with Gasteiger partial charge in [-0.05, 0) is 63.1 Å². The molecule has 0 saturated carbocycles. The first-order valence-electron chi connectivity index (χ1n) is 9.72. The van der Waals surface area contributed by atoms with E-state index < -0.39 is 0 Å². The van der Waals surface area contributed by atoms with Gasteiger partial charge in [0.25, 0.3) is 0 Å². The van der Waals surface area contributed by atoms with Gasteiger partial charge in [-0.25, -0.2) is 0 Å². The number of rotatable bonds is 2. The molecule has 3 aromatic rings. The lowest BCUT2D eigenvalue weighted by atomic mass is 9.97. The summed E-state index contributed by atoms with van der Waals surface area (Å²) >= 11 is 0. The zero-order valence-electron chi connectivity index (χ0n) is 15.9. The minimum Gasteiger partial charge on any atom is -0.320 e. The average molecular weight is 342 g/mol. The average Bonchev–Trinajstić information content (AvgIpc) is 3.04. The highest BCUT2D eigenvalue weighted by atomic mass is 15.2. The van der Waals surface area contributed by atoms with Crippen molar-refractivity contribution >= 4 is 23.2 Å². The largest absolute Gasteiger partial charge is 0.320 e. The lowest BCUT2D eigenvalue weighted by molar-refractivity contribution is 0.223. The van der Waals surface area contributed by atoms with E-state index in [-0.39, 0.29) is 0 Å². The van der Waals surface area contributed by atoms with Gasteiger partial charge in [-0.3, -0.25) is 4.90 Å². The Hall–Kier alpha value is -2.32. The van der Waals surface area contributed by atoms with Crippen LogP contribution >= 0.6 is 0 Å². The predicted octanol–water partition coefficient (Wildman–Crippen LogP) is 5.58. The maximum absolute atomic E-state index is 2.61. The fourth-order valence-electron chi connectivity index (χ4n) is 4.92. The van der Waals surface area contributed by atoms with E-state index in [1.165, 1.54) is 46.1 Å². The first-order valence-corrected chi connectivity index (χ1v) is 9.72. The Morgan fingerprint density at radius 1 is 0.962 bits per heavy atom. The normalized spacial score (nSPS) is 22.4. The van der Waals surface area contributed by atoms with E-state index in [4.69, 9.17) is 0 Å². The van der Waals surface area contributed by atoms with E-state index >= 15 is 0 Å². The molecule has 132 valence electrons. The van der Waals surface area contributed by atoms with Crippen LogP contribution in [-0.2, 0) is 6.42 Å². The van der Waals surface area contributed by atoms with Crippen LogP contribution in [0.25, 0.3) is 23.2 Å². The van der Waals surface area contributed by atoms with E-state index in [1.807, 2.05) is 0 Å². The highest BCUT2D eigenvalue weighted by Crippen LogP contribution is 2.47. The van der Waals surface area contributed by atoms with Crippen molar-refractivity contribution in [3.8, 4) is 0 Å². The Labute approximate surface area is 155 Å². The van der Waals surface area contributed by atoms with Crippen molar-refractivity contribution in [2.75, 3.05) is 7.05 Å². The molecule has 0 spiro atoms. The van der Waals surface area contributed by atoms with Gasteiger partial charge in [-0.1, -0.05) is 41.5 Å². The van der Waals surface area contributed by atoms with Gasteiger partial charge in [-0.15, -0.1) is 0 Å². The summed E-state index contributed by atoms with van der Waals surface area (Å²) in [6, 6.07) is 17.0. The molecule has 2 bridgehead atoms. The van der Waals surface area contributed by atoms with Gasteiger partial charge in [0.15, 0.2) is 0 Å². The molecule has 2 atom stereocenters. The lowest BCUT2D eigenvalue weighted by Gasteiger charge is -2.32. The summed E-state index contributed by atoms with van der Waals surface area (Å²) in [4.78, 5) is 2.61. The molecule has 0 N–H and O–H groups in total. The van der Waals surface area contributed by atoms with Crippen LogP contribution in [0, 0.1) is 13.8 Å². The quantitative estimate of drug-likeness (QED) is 0.590. The molecule has 26 heavy (non-hydrogen) atoms. The highest BCUT2D eigenvalue weighted by molar-refractivity contribution is 5.90. The van der Waals surface area contributed by atoms with E-state index in [2.05, 4.69) is 85.1 Å². The summed E-state index contributed by atoms with van der Waals surface area (Å²) < 4.78 is 2.46. The second-order valence-corrected chi connectivity index (χ2v) is 8.09. The zero-order valence-corrected chi connectivity index (χ0v) is 15.9. The molecule has 1 saturated heterocycles. The number of fused-ring (bicyclic) bond motifs is 6. The first-order chi connectivity index (χ1) is 12.6. The first kappa shape index (κ1) is 15.9. The standard InChI is InChI=1S/C24H26N2/c1-16-4-7-18(8-5-16)12-13-26-21-10-6-17(2)14-20(21)24-22-11-9-19(25(22)3)15-23(24)26/h4-8,10,12-14,19,22H,9,11,15H2,1-3H3/b13-12-. The molecule has 1 aromatic heterocycles. The molecule has 2 nitrogen and oxygen atoms in total. The SMILES string of the molecule is Cc1ccc(/C=C\n2c3c(c4cc(C)ccc42)C2CCC(C3)N2C)cc1. The Kier molecular flexibility index (Phi) is 3.58. The molecule has 2 heteroatoms. The smallest absolute Gasteiger partial charge is 0.0529 e. The number of aryl methyl sites for hydroxylation is 2. The van der Waals surface area contributed by atoms with Crippen LogP contribution in [0.2, 0.25) is 0 Å². The van der Waals surface area contributed by atoms with Crippen molar-refractivity contribution < 1.29 is 0 Å².